The van der Waals surface area contributed by atoms with Crippen LogP contribution in [-0.2, 0) is 4.79 Å². The molecule has 0 saturated heterocycles. The van der Waals surface area contributed by atoms with Crippen molar-refractivity contribution in [3.63, 3.8) is 0 Å². The van der Waals surface area contributed by atoms with Crippen LogP contribution in [0, 0.1) is 0 Å². The number of rotatable bonds is 5. The Labute approximate surface area is 115 Å². The van der Waals surface area contributed by atoms with Gasteiger partial charge in [0.25, 0.3) is 0 Å². The van der Waals surface area contributed by atoms with Gasteiger partial charge in [-0.15, -0.1) is 0 Å². The van der Waals surface area contributed by atoms with Gasteiger partial charge in [0, 0.05) is 39.5 Å². The van der Waals surface area contributed by atoms with Gasteiger partial charge in [0.05, 0.1) is 0 Å². The molecule has 0 aliphatic heterocycles. The van der Waals surface area contributed by atoms with Gasteiger partial charge in [-0.3, -0.25) is 9.36 Å². The number of nitrogen functional groups attached to an aromatic ring is 1. The first-order valence-corrected chi connectivity index (χ1v) is 6.01. The van der Waals surface area contributed by atoms with Crippen LogP contribution in [0.3, 0.4) is 0 Å². The number of hydrogen-bond donors (Lipinski definition) is 2. The van der Waals surface area contributed by atoms with Gasteiger partial charge in [0.15, 0.2) is 0 Å². The largest absolute Gasteiger partial charge is 0.368 e. The monoisotopic (exact) mass is 276 g/mol. The molecule has 9 heteroatoms. The minimum Gasteiger partial charge on any atom is -0.368 e. The van der Waals surface area contributed by atoms with Gasteiger partial charge in [-0.25, -0.2) is 4.98 Å². The van der Waals surface area contributed by atoms with Crippen molar-refractivity contribution >= 4 is 17.8 Å². The van der Waals surface area contributed by atoms with Crippen LogP contribution in [0.1, 0.15) is 6.42 Å². The van der Waals surface area contributed by atoms with E-state index in [1.807, 2.05) is 0 Å². The Morgan fingerprint density at radius 3 is 2.90 bits per heavy atom. The van der Waals surface area contributed by atoms with Crippen molar-refractivity contribution < 1.29 is 4.79 Å². The maximum absolute atomic E-state index is 11.2. The summed E-state index contributed by atoms with van der Waals surface area (Å²) < 4.78 is 1.63. The van der Waals surface area contributed by atoms with Crippen molar-refractivity contribution in [3.8, 4) is 5.95 Å². The summed E-state index contributed by atoms with van der Waals surface area (Å²) >= 11 is 0. The highest BCUT2D eigenvalue weighted by Crippen LogP contribution is 2.10. The summed E-state index contributed by atoms with van der Waals surface area (Å²) in [5.41, 5.74) is 5.68. The lowest BCUT2D eigenvalue weighted by Gasteiger charge is -2.17. The van der Waals surface area contributed by atoms with Crippen molar-refractivity contribution in [1.82, 2.24) is 29.8 Å². The molecule has 0 aromatic carbocycles. The molecule has 0 radical (unpaired) electrons. The Hall–Kier alpha value is -2.71. The Morgan fingerprint density at radius 1 is 1.45 bits per heavy atom. The number of nitrogens with two attached hydrogens (primary N) is 1. The summed E-state index contributed by atoms with van der Waals surface area (Å²) in [6.45, 7) is 0.479. The number of nitrogens with one attached hydrogen (secondary N) is 1. The Bertz CT molecular complexity index is 582. The van der Waals surface area contributed by atoms with Crippen LogP contribution >= 0.6 is 0 Å². The van der Waals surface area contributed by atoms with Gasteiger partial charge in [-0.2, -0.15) is 15.0 Å². The van der Waals surface area contributed by atoms with Gasteiger partial charge in [-0.05, 0) is 0 Å². The molecule has 2 aromatic heterocycles. The highest BCUT2D eigenvalue weighted by Gasteiger charge is 2.11. The lowest BCUT2D eigenvalue weighted by molar-refractivity contribution is -0.120. The first kappa shape index (κ1) is 13.7. The molecule has 0 saturated carbocycles. The number of carbonyl (C=O) groups excluding carboxylic acids is 1. The van der Waals surface area contributed by atoms with Crippen LogP contribution in [-0.4, -0.2) is 51.1 Å². The average Bonchev–Trinajstić information content (AvgIpc) is 2.97. The lowest BCUT2D eigenvalue weighted by Crippen LogP contribution is -2.28. The number of amides is 1. The molecule has 2 rings (SSSR count). The van der Waals surface area contributed by atoms with E-state index in [1.54, 1.807) is 42.3 Å². The van der Waals surface area contributed by atoms with E-state index in [1.165, 1.54) is 0 Å². The fraction of sp³-hybridized carbons (Fsp3) is 0.364. The molecule has 20 heavy (non-hydrogen) atoms. The first-order chi connectivity index (χ1) is 9.60. The molecular formula is C11H16N8O. The fourth-order valence-corrected chi connectivity index (χ4v) is 1.53. The van der Waals surface area contributed by atoms with Crippen molar-refractivity contribution in [2.75, 3.05) is 31.3 Å². The predicted molar refractivity (Wildman–Crippen MR) is 73.3 cm³/mol. The second-order valence-electron chi connectivity index (χ2n) is 4.11. The van der Waals surface area contributed by atoms with E-state index < -0.39 is 0 Å². The van der Waals surface area contributed by atoms with Crippen molar-refractivity contribution in [3.05, 3.63) is 18.7 Å². The summed E-state index contributed by atoms with van der Waals surface area (Å²) in [7, 11) is 3.38. The van der Waals surface area contributed by atoms with Crippen molar-refractivity contribution in [1.29, 1.82) is 0 Å². The molecule has 9 nitrogen and oxygen atoms in total. The molecule has 1 amide bonds. The van der Waals surface area contributed by atoms with Crippen LogP contribution in [0.15, 0.2) is 18.7 Å². The van der Waals surface area contributed by atoms with Crippen LogP contribution in [0.2, 0.25) is 0 Å². The molecule has 0 atom stereocenters. The second kappa shape index (κ2) is 5.95. The quantitative estimate of drug-likeness (QED) is 0.735. The molecule has 0 aliphatic carbocycles. The van der Waals surface area contributed by atoms with E-state index in [2.05, 4.69) is 25.3 Å². The fourth-order valence-electron chi connectivity index (χ4n) is 1.53. The van der Waals surface area contributed by atoms with Crippen LogP contribution < -0.4 is 16.0 Å². The highest BCUT2D eigenvalue weighted by molar-refractivity contribution is 5.76. The molecule has 0 spiro atoms. The third-order valence-electron chi connectivity index (χ3n) is 2.66. The second-order valence-corrected chi connectivity index (χ2v) is 4.11. The molecule has 0 unspecified atom stereocenters. The summed E-state index contributed by atoms with van der Waals surface area (Å²) in [5, 5.41) is 2.56. The van der Waals surface area contributed by atoms with Gasteiger partial charge >= 0.3 is 0 Å². The number of aromatic nitrogens is 5. The third kappa shape index (κ3) is 3.19. The van der Waals surface area contributed by atoms with Gasteiger partial charge in [0.2, 0.25) is 23.8 Å². The Balaban J connectivity index is 2.17. The van der Waals surface area contributed by atoms with E-state index in [4.69, 9.17) is 5.73 Å². The minimum atomic E-state index is -0.0475. The molecule has 2 heterocycles. The van der Waals surface area contributed by atoms with E-state index >= 15 is 0 Å². The zero-order valence-corrected chi connectivity index (χ0v) is 11.3. The number of carbonyl (C=O) groups is 1. The third-order valence-corrected chi connectivity index (χ3v) is 2.66. The van der Waals surface area contributed by atoms with Gasteiger partial charge < -0.3 is 16.0 Å². The van der Waals surface area contributed by atoms with Gasteiger partial charge in [0.1, 0.15) is 6.33 Å². The summed E-state index contributed by atoms with van der Waals surface area (Å²) in [5.74, 6) is 0.862. The number of nitrogens with zero attached hydrogens (tertiary/aromatic N) is 6. The van der Waals surface area contributed by atoms with Crippen LogP contribution in [0.25, 0.3) is 5.95 Å². The van der Waals surface area contributed by atoms with E-state index in [0.717, 1.165) is 0 Å². The normalized spacial score (nSPS) is 10.3. The van der Waals surface area contributed by atoms with Crippen molar-refractivity contribution in [2.24, 2.45) is 0 Å². The zero-order chi connectivity index (χ0) is 14.5. The Morgan fingerprint density at radius 2 is 2.25 bits per heavy atom. The molecule has 0 bridgehead atoms. The molecular weight excluding hydrogens is 260 g/mol. The smallest absolute Gasteiger partial charge is 0.241 e. The van der Waals surface area contributed by atoms with E-state index in [-0.39, 0.29) is 11.9 Å². The van der Waals surface area contributed by atoms with Crippen LogP contribution in [0.5, 0.6) is 0 Å². The molecule has 0 aliphatic rings. The topological polar surface area (TPSA) is 115 Å². The summed E-state index contributed by atoms with van der Waals surface area (Å²) in [6.07, 6.45) is 5.25. The SMILES string of the molecule is CNC(=O)CCN(C)c1nc(N)nc(-n2ccnc2)n1. The lowest BCUT2D eigenvalue weighted by atomic mass is 10.4. The highest BCUT2D eigenvalue weighted by atomic mass is 16.1. The standard InChI is InChI=1S/C11H16N8O/c1-13-8(20)3-5-18(2)10-15-9(12)16-11(17-10)19-6-4-14-7-19/h4,6-7H,3,5H2,1-2H3,(H,13,20)(H2,12,15,16,17). The maximum Gasteiger partial charge on any atom is 0.241 e. The maximum atomic E-state index is 11.2. The summed E-state index contributed by atoms with van der Waals surface area (Å²) in [4.78, 5) is 29.3. The Kier molecular flexibility index (Phi) is 4.08. The molecule has 0 fully saturated rings. The predicted octanol–water partition coefficient (Wildman–Crippen LogP) is -0.788. The van der Waals surface area contributed by atoms with Crippen molar-refractivity contribution in [2.45, 2.75) is 6.42 Å². The number of hydrogen-bond acceptors (Lipinski definition) is 7. The average molecular weight is 276 g/mol. The van der Waals surface area contributed by atoms with E-state index in [0.29, 0.717) is 24.9 Å². The first-order valence-electron chi connectivity index (χ1n) is 6.01. The van der Waals surface area contributed by atoms with E-state index in [9.17, 15) is 4.79 Å². The van der Waals surface area contributed by atoms with Crippen LogP contribution in [0.4, 0.5) is 11.9 Å². The molecule has 2 aromatic rings. The van der Waals surface area contributed by atoms with Gasteiger partial charge in [-0.1, -0.05) is 0 Å². The molecule has 3 N–H and O–H groups in total. The zero-order valence-electron chi connectivity index (χ0n) is 11.3. The number of anilines is 2. The number of imidazole rings is 1. The minimum absolute atomic E-state index is 0.0475. The molecule has 106 valence electrons. The summed E-state index contributed by atoms with van der Waals surface area (Å²) in [6, 6.07) is 0.